The van der Waals surface area contributed by atoms with Gasteiger partial charge in [0.1, 0.15) is 12.4 Å². The summed E-state index contributed by atoms with van der Waals surface area (Å²) in [6, 6.07) is 6.72. The van der Waals surface area contributed by atoms with Crippen molar-refractivity contribution in [3.63, 3.8) is 0 Å². The van der Waals surface area contributed by atoms with E-state index in [2.05, 4.69) is 4.72 Å². The molecule has 1 aromatic rings. The lowest BCUT2D eigenvalue weighted by Gasteiger charge is -2.14. The molecule has 0 aliphatic rings. The van der Waals surface area contributed by atoms with Crippen molar-refractivity contribution in [1.29, 1.82) is 0 Å². The summed E-state index contributed by atoms with van der Waals surface area (Å²) in [5.74, 6) is 0.465. The number of ether oxygens (including phenoxy) is 2. The smallest absolute Gasteiger partial charge is 0.215 e. The molecule has 7 heteroatoms. The normalized spacial score (nSPS) is 13.1. The van der Waals surface area contributed by atoms with Crippen LogP contribution in [0, 0.1) is 0 Å². The molecule has 0 aromatic heterocycles. The van der Waals surface area contributed by atoms with Gasteiger partial charge in [-0.1, -0.05) is 6.07 Å². The second kappa shape index (κ2) is 8.08. The molecular formula is C13H22N2O4S. The van der Waals surface area contributed by atoms with Crippen LogP contribution in [0.5, 0.6) is 5.75 Å². The molecule has 3 N–H and O–H groups in total. The Balaban J connectivity index is 2.36. The number of anilines is 1. The lowest BCUT2D eigenvalue weighted by molar-refractivity contribution is 0.188. The number of hydrogen-bond acceptors (Lipinski definition) is 5. The van der Waals surface area contributed by atoms with E-state index in [0.717, 1.165) is 0 Å². The Morgan fingerprint density at radius 1 is 1.35 bits per heavy atom. The largest absolute Gasteiger partial charge is 0.492 e. The van der Waals surface area contributed by atoms with Crippen molar-refractivity contribution in [3.05, 3.63) is 24.3 Å². The highest BCUT2D eigenvalue weighted by atomic mass is 32.2. The van der Waals surface area contributed by atoms with Gasteiger partial charge in [0, 0.05) is 31.5 Å². The molecule has 0 aliphatic heterocycles. The first-order valence-corrected chi connectivity index (χ1v) is 8.05. The van der Waals surface area contributed by atoms with Crippen LogP contribution < -0.4 is 15.2 Å². The van der Waals surface area contributed by atoms with Gasteiger partial charge in [-0.2, -0.15) is 0 Å². The minimum absolute atomic E-state index is 0.0792. The van der Waals surface area contributed by atoms with Crippen molar-refractivity contribution < 1.29 is 17.9 Å². The fourth-order valence-electron chi connectivity index (χ4n) is 1.59. The van der Waals surface area contributed by atoms with Gasteiger partial charge in [0.2, 0.25) is 10.0 Å². The van der Waals surface area contributed by atoms with Crippen LogP contribution in [0.3, 0.4) is 0 Å². The van der Waals surface area contributed by atoms with Crippen molar-refractivity contribution in [2.24, 2.45) is 0 Å². The standard InChI is InChI=1S/C13H22N2O4S/c1-11(6-7-18-2)15-20(16,17)9-8-19-13-5-3-4-12(14)10-13/h3-5,10-11,15H,6-9,14H2,1-2H3. The number of nitrogens with one attached hydrogen (secondary N) is 1. The van der Waals surface area contributed by atoms with Gasteiger partial charge in [-0.3, -0.25) is 0 Å². The summed E-state index contributed by atoms with van der Waals surface area (Å²) in [6.07, 6.45) is 0.631. The second-order valence-electron chi connectivity index (χ2n) is 4.54. The number of nitrogens with two attached hydrogens (primary N) is 1. The first-order valence-electron chi connectivity index (χ1n) is 6.40. The van der Waals surface area contributed by atoms with E-state index in [1.165, 1.54) is 0 Å². The highest BCUT2D eigenvalue weighted by molar-refractivity contribution is 7.89. The third-order valence-electron chi connectivity index (χ3n) is 2.61. The topological polar surface area (TPSA) is 90.6 Å². The number of methoxy groups -OCH3 is 1. The van der Waals surface area contributed by atoms with Crippen LogP contribution in [-0.2, 0) is 14.8 Å². The van der Waals surface area contributed by atoms with Crippen LogP contribution in [0.25, 0.3) is 0 Å². The molecule has 1 unspecified atom stereocenters. The van der Waals surface area contributed by atoms with E-state index in [1.807, 2.05) is 0 Å². The van der Waals surface area contributed by atoms with Crippen molar-refractivity contribution in [1.82, 2.24) is 4.72 Å². The summed E-state index contributed by atoms with van der Waals surface area (Å²) in [7, 11) is -1.77. The summed E-state index contributed by atoms with van der Waals surface area (Å²) in [6.45, 7) is 2.40. The van der Waals surface area contributed by atoms with E-state index in [0.29, 0.717) is 24.5 Å². The van der Waals surface area contributed by atoms with E-state index in [1.54, 1.807) is 38.3 Å². The van der Waals surface area contributed by atoms with Gasteiger partial charge >= 0.3 is 0 Å². The van der Waals surface area contributed by atoms with Crippen LogP contribution in [0.15, 0.2) is 24.3 Å². The van der Waals surface area contributed by atoms with Gasteiger partial charge < -0.3 is 15.2 Å². The Kier molecular flexibility index (Phi) is 6.77. The average molecular weight is 302 g/mol. The van der Waals surface area contributed by atoms with E-state index >= 15 is 0 Å². The first-order chi connectivity index (χ1) is 9.43. The van der Waals surface area contributed by atoms with E-state index < -0.39 is 10.0 Å². The Bertz CT molecular complexity index is 505. The minimum Gasteiger partial charge on any atom is -0.492 e. The summed E-state index contributed by atoms with van der Waals surface area (Å²) in [5.41, 5.74) is 6.19. The molecule has 0 saturated carbocycles. The van der Waals surface area contributed by atoms with Gasteiger partial charge in [0.15, 0.2) is 0 Å². The maximum absolute atomic E-state index is 11.8. The maximum atomic E-state index is 11.8. The average Bonchev–Trinajstić information content (AvgIpc) is 2.35. The molecule has 0 saturated heterocycles. The predicted octanol–water partition coefficient (Wildman–Crippen LogP) is 0.992. The number of rotatable bonds is 9. The Morgan fingerprint density at radius 2 is 2.10 bits per heavy atom. The molecule has 0 spiro atoms. The van der Waals surface area contributed by atoms with Crippen LogP contribution in [0.1, 0.15) is 13.3 Å². The summed E-state index contributed by atoms with van der Waals surface area (Å²) in [4.78, 5) is 0. The van der Waals surface area contributed by atoms with Crippen molar-refractivity contribution >= 4 is 15.7 Å². The van der Waals surface area contributed by atoms with Gasteiger partial charge in [-0.15, -0.1) is 0 Å². The molecule has 0 bridgehead atoms. The molecule has 1 aromatic carbocycles. The van der Waals surface area contributed by atoms with Crippen LogP contribution in [0.4, 0.5) is 5.69 Å². The monoisotopic (exact) mass is 302 g/mol. The zero-order valence-electron chi connectivity index (χ0n) is 11.8. The van der Waals surface area contributed by atoms with E-state index in [-0.39, 0.29) is 18.4 Å². The highest BCUT2D eigenvalue weighted by Crippen LogP contribution is 2.14. The van der Waals surface area contributed by atoms with Gasteiger partial charge in [0.25, 0.3) is 0 Å². The lowest BCUT2D eigenvalue weighted by Crippen LogP contribution is -2.36. The number of benzene rings is 1. The molecule has 0 radical (unpaired) electrons. The maximum Gasteiger partial charge on any atom is 0.215 e. The van der Waals surface area contributed by atoms with Crippen LogP contribution in [0.2, 0.25) is 0 Å². The van der Waals surface area contributed by atoms with Crippen molar-refractivity contribution in [2.75, 3.05) is 31.8 Å². The fourth-order valence-corrected chi connectivity index (χ4v) is 2.74. The van der Waals surface area contributed by atoms with E-state index in [4.69, 9.17) is 15.2 Å². The molecular weight excluding hydrogens is 280 g/mol. The minimum atomic E-state index is -3.35. The number of nitrogen functional groups attached to an aromatic ring is 1. The molecule has 1 rings (SSSR count). The molecule has 6 nitrogen and oxygen atoms in total. The fraction of sp³-hybridized carbons (Fsp3) is 0.538. The highest BCUT2D eigenvalue weighted by Gasteiger charge is 2.14. The summed E-state index contributed by atoms with van der Waals surface area (Å²) in [5, 5.41) is 0. The van der Waals surface area contributed by atoms with Crippen molar-refractivity contribution in [3.8, 4) is 5.75 Å². The van der Waals surface area contributed by atoms with Crippen LogP contribution >= 0.6 is 0 Å². The lowest BCUT2D eigenvalue weighted by atomic mass is 10.3. The number of sulfonamides is 1. The summed E-state index contributed by atoms with van der Waals surface area (Å²) < 4.78 is 36.5. The third kappa shape index (κ3) is 6.74. The zero-order valence-corrected chi connectivity index (χ0v) is 12.7. The molecule has 0 heterocycles. The SMILES string of the molecule is COCCC(C)NS(=O)(=O)CCOc1cccc(N)c1. The molecule has 0 fully saturated rings. The Morgan fingerprint density at radius 3 is 2.75 bits per heavy atom. The third-order valence-corrected chi connectivity index (χ3v) is 4.08. The Hall–Kier alpha value is -1.31. The molecule has 0 aliphatic carbocycles. The second-order valence-corrected chi connectivity index (χ2v) is 6.41. The quantitative estimate of drug-likeness (QED) is 0.664. The predicted molar refractivity (Wildman–Crippen MR) is 79.2 cm³/mol. The van der Waals surface area contributed by atoms with Gasteiger partial charge in [0.05, 0.1) is 5.75 Å². The zero-order chi connectivity index (χ0) is 15.0. The Labute approximate surface area is 120 Å². The molecule has 1 atom stereocenters. The van der Waals surface area contributed by atoms with Gasteiger partial charge in [-0.05, 0) is 25.5 Å². The van der Waals surface area contributed by atoms with Gasteiger partial charge in [-0.25, -0.2) is 13.1 Å². The number of hydrogen-bond donors (Lipinski definition) is 2. The van der Waals surface area contributed by atoms with Crippen LogP contribution in [-0.4, -0.2) is 40.5 Å². The summed E-state index contributed by atoms with van der Waals surface area (Å²) >= 11 is 0. The van der Waals surface area contributed by atoms with E-state index in [9.17, 15) is 8.42 Å². The first kappa shape index (κ1) is 16.7. The molecule has 20 heavy (non-hydrogen) atoms. The molecule has 0 amide bonds. The van der Waals surface area contributed by atoms with Crippen molar-refractivity contribution in [2.45, 2.75) is 19.4 Å². The molecule has 114 valence electrons.